The van der Waals surface area contributed by atoms with E-state index in [1.54, 1.807) is 6.20 Å². The predicted octanol–water partition coefficient (Wildman–Crippen LogP) is 5.05. The van der Waals surface area contributed by atoms with E-state index in [0.29, 0.717) is 30.5 Å². The molecule has 1 amide bonds. The summed E-state index contributed by atoms with van der Waals surface area (Å²) in [6, 6.07) is 4.06. The zero-order chi connectivity index (χ0) is 25.3. The normalized spacial score (nSPS) is 26.9. The number of nitrogens with zero attached hydrogens (tertiary/aromatic N) is 4. The minimum Gasteiger partial charge on any atom is -0.353 e. The molecule has 2 aromatic rings. The van der Waals surface area contributed by atoms with Gasteiger partial charge in [0.05, 0.1) is 5.92 Å². The van der Waals surface area contributed by atoms with Crippen molar-refractivity contribution in [2.45, 2.75) is 88.4 Å². The molecule has 196 valence electrons. The lowest BCUT2D eigenvalue weighted by Gasteiger charge is -2.36. The third-order valence-corrected chi connectivity index (χ3v) is 7.93. The van der Waals surface area contributed by atoms with Crippen molar-refractivity contribution in [3.63, 3.8) is 0 Å². The van der Waals surface area contributed by atoms with Gasteiger partial charge in [0.15, 0.2) is 5.82 Å². The zero-order valence-corrected chi connectivity index (χ0v) is 20.5. The highest BCUT2D eigenvalue weighted by atomic mass is 19.4. The number of hydrogen-bond donors (Lipinski definition) is 3. The lowest BCUT2D eigenvalue weighted by Crippen LogP contribution is -2.46. The number of alkyl halides is 3. The second kappa shape index (κ2) is 10.3. The number of carbonyl (C=O) groups excluding carboxylic acids is 1. The Morgan fingerprint density at radius 3 is 2.58 bits per heavy atom. The molecule has 0 radical (unpaired) electrons. The van der Waals surface area contributed by atoms with Gasteiger partial charge in [0.25, 0.3) is 0 Å². The molecule has 2 unspecified atom stereocenters. The molecule has 5 rings (SSSR count). The van der Waals surface area contributed by atoms with E-state index in [1.165, 1.54) is 12.8 Å². The van der Waals surface area contributed by atoms with Gasteiger partial charge in [-0.3, -0.25) is 9.89 Å². The molecule has 0 aromatic carbocycles. The Morgan fingerprint density at radius 1 is 1.08 bits per heavy atom. The largest absolute Gasteiger partial charge is 0.391 e. The highest BCUT2D eigenvalue weighted by molar-refractivity contribution is 5.79. The van der Waals surface area contributed by atoms with E-state index in [-0.39, 0.29) is 30.8 Å². The van der Waals surface area contributed by atoms with Crippen LogP contribution in [0, 0.1) is 11.8 Å². The van der Waals surface area contributed by atoms with Crippen molar-refractivity contribution in [3.05, 3.63) is 24.0 Å². The number of halogens is 3. The zero-order valence-electron chi connectivity index (χ0n) is 20.5. The molecule has 0 aliphatic heterocycles. The van der Waals surface area contributed by atoms with Crippen LogP contribution >= 0.6 is 0 Å². The molecule has 3 N–H and O–H groups in total. The molecule has 0 spiro atoms. The van der Waals surface area contributed by atoms with Crippen molar-refractivity contribution in [1.82, 2.24) is 25.5 Å². The van der Waals surface area contributed by atoms with E-state index in [0.717, 1.165) is 37.2 Å². The Hall–Kier alpha value is -2.85. The summed E-state index contributed by atoms with van der Waals surface area (Å²) in [5.41, 5.74) is 1.15. The Balaban J connectivity index is 1.11. The minimum atomic E-state index is -4.21. The third kappa shape index (κ3) is 5.92. The number of hydrogen-bond acceptors (Lipinski definition) is 6. The highest BCUT2D eigenvalue weighted by Gasteiger charge is 2.43. The van der Waals surface area contributed by atoms with Crippen LogP contribution < -0.4 is 15.5 Å². The van der Waals surface area contributed by atoms with Gasteiger partial charge in [0.2, 0.25) is 11.9 Å². The van der Waals surface area contributed by atoms with Gasteiger partial charge in [-0.25, -0.2) is 4.98 Å². The number of carbonyl (C=O) groups is 1. The van der Waals surface area contributed by atoms with Gasteiger partial charge in [-0.15, -0.1) is 0 Å². The SMILES string of the molecule is CN(c1nccc(Nc2cc(C3CC3)[nH]n2)n1)[C@H]1CC[C@H](NC(=O)C2CCCC(C(F)(F)F)C2)CC1. The molecule has 0 saturated heterocycles. The summed E-state index contributed by atoms with van der Waals surface area (Å²) in [5, 5.41) is 13.7. The van der Waals surface area contributed by atoms with Gasteiger partial charge >= 0.3 is 6.18 Å². The molecule has 2 heterocycles. The first kappa shape index (κ1) is 24.8. The van der Waals surface area contributed by atoms with Crippen LogP contribution in [0.1, 0.15) is 75.8 Å². The van der Waals surface area contributed by atoms with Crippen LogP contribution in [0.5, 0.6) is 0 Å². The van der Waals surface area contributed by atoms with Crippen LogP contribution in [-0.4, -0.2) is 51.4 Å². The highest BCUT2D eigenvalue weighted by Crippen LogP contribution is 2.41. The lowest BCUT2D eigenvalue weighted by atomic mass is 9.80. The lowest BCUT2D eigenvalue weighted by molar-refractivity contribution is -0.186. The first-order chi connectivity index (χ1) is 17.3. The minimum absolute atomic E-state index is 0.00246. The van der Waals surface area contributed by atoms with Gasteiger partial charge in [0, 0.05) is 48.9 Å². The second-order valence-electron chi connectivity index (χ2n) is 10.6. The average molecular weight is 506 g/mol. The van der Waals surface area contributed by atoms with Crippen molar-refractivity contribution >= 4 is 23.5 Å². The molecule has 3 fully saturated rings. The maximum Gasteiger partial charge on any atom is 0.391 e. The fourth-order valence-corrected chi connectivity index (χ4v) is 5.54. The summed E-state index contributed by atoms with van der Waals surface area (Å²) in [6.45, 7) is 0. The van der Waals surface area contributed by atoms with Gasteiger partial charge < -0.3 is 15.5 Å². The second-order valence-corrected chi connectivity index (χ2v) is 10.6. The molecule has 2 aromatic heterocycles. The van der Waals surface area contributed by atoms with Crippen molar-refractivity contribution in [2.75, 3.05) is 17.3 Å². The molecule has 3 aliphatic carbocycles. The fraction of sp³-hybridized carbons (Fsp3) is 0.680. The van der Waals surface area contributed by atoms with Crippen molar-refractivity contribution in [1.29, 1.82) is 0 Å². The Kier molecular flexibility index (Phi) is 7.07. The summed E-state index contributed by atoms with van der Waals surface area (Å²) in [7, 11) is 1.97. The number of aromatic amines is 1. The molecular weight excluding hydrogens is 471 g/mol. The Morgan fingerprint density at radius 2 is 1.86 bits per heavy atom. The summed E-state index contributed by atoms with van der Waals surface area (Å²) in [5.74, 6) is 0.511. The van der Waals surface area contributed by atoms with Gasteiger partial charge in [-0.05, 0) is 63.9 Å². The molecule has 0 bridgehead atoms. The Bertz CT molecular complexity index is 1050. The fourth-order valence-electron chi connectivity index (χ4n) is 5.54. The summed E-state index contributed by atoms with van der Waals surface area (Å²) in [4.78, 5) is 23.8. The first-order valence-corrected chi connectivity index (χ1v) is 13.0. The summed E-state index contributed by atoms with van der Waals surface area (Å²) < 4.78 is 39.3. The topological polar surface area (TPSA) is 98.8 Å². The van der Waals surface area contributed by atoms with E-state index >= 15 is 0 Å². The average Bonchev–Trinajstić information content (AvgIpc) is 3.62. The van der Waals surface area contributed by atoms with E-state index in [1.807, 2.05) is 19.2 Å². The number of nitrogens with one attached hydrogen (secondary N) is 3. The van der Waals surface area contributed by atoms with Crippen LogP contribution in [0.2, 0.25) is 0 Å². The smallest absolute Gasteiger partial charge is 0.353 e. The monoisotopic (exact) mass is 505 g/mol. The van der Waals surface area contributed by atoms with Gasteiger partial charge in [0.1, 0.15) is 5.82 Å². The molecule has 11 heteroatoms. The maximum absolute atomic E-state index is 13.1. The van der Waals surface area contributed by atoms with Gasteiger partial charge in [-0.2, -0.15) is 23.3 Å². The van der Waals surface area contributed by atoms with Crippen molar-refractivity contribution in [2.24, 2.45) is 11.8 Å². The maximum atomic E-state index is 13.1. The molecule has 3 aliphatic rings. The van der Waals surface area contributed by atoms with Crippen LogP contribution in [0.4, 0.5) is 30.8 Å². The molecule has 2 atom stereocenters. The predicted molar refractivity (Wildman–Crippen MR) is 130 cm³/mol. The van der Waals surface area contributed by atoms with E-state index in [2.05, 4.69) is 35.7 Å². The van der Waals surface area contributed by atoms with Crippen molar-refractivity contribution < 1.29 is 18.0 Å². The van der Waals surface area contributed by atoms with Crippen LogP contribution in [-0.2, 0) is 4.79 Å². The number of aromatic nitrogens is 4. The van der Waals surface area contributed by atoms with E-state index in [4.69, 9.17) is 0 Å². The summed E-state index contributed by atoms with van der Waals surface area (Å²) >= 11 is 0. The molecule has 8 nitrogen and oxygen atoms in total. The first-order valence-electron chi connectivity index (χ1n) is 13.0. The number of amides is 1. The van der Waals surface area contributed by atoms with Crippen molar-refractivity contribution in [3.8, 4) is 0 Å². The number of H-pyrrole nitrogens is 1. The van der Waals surface area contributed by atoms with Gasteiger partial charge in [-0.1, -0.05) is 6.42 Å². The number of anilines is 3. The Labute approximate surface area is 208 Å². The molecule has 3 saturated carbocycles. The summed E-state index contributed by atoms with van der Waals surface area (Å²) in [6.07, 6.45) is 4.22. The molecule has 36 heavy (non-hydrogen) atoms. The standard InChI is InChI=1S/C25H34F3N7O/c1-35(24-29-12-11-21(32-24)31-22-14-20(33-34-22)15-5-6-15)19-9-7-18(8-10-19)30-23(36)16-3-2-4-17(13-16)25(26,27)28/h11-12,14-19H,2-10,13H2,1H3,(H,30,36)(H2,29,31,32,33,34)/t16?,17?,18-,19-. The van der Waals surface area contributed by atoms with Crippen LogP contribution in [0.3, 0.4) is 0 Å². The van der Waals surface area contributed by atoms with E-state index < -0.39 is 18.0 Å². The number of rotatable bonds is 7. The quantitative estimate of drug-likeness (QED) is 0.487. The molecular formula is C25H34F3N7O. The van der Waals surface area contributed by atoms with E-state index in [9.17, 15) is 18.0 Å². The van der Waals surface area contributed by atoms with Crippen LogP contribution in [0.25, 0.3) is 0 Å². The van der Waals surface area contributed by atoms with Crippen LogP contribution in [0.15, 0.2) is 18.3 Å². The third-order valence-electron chi connectivity index (χ3n) is 7.93.